The predicted octanol–water partition coefficient (Wildman–Crippen LogP) is 3.75. The van der Waals surface area contributed by atoms with Gasteiger partial charge in [0.15, 0.2) is 0 Å². The van der Waals surface area contributed by atoms with E-state index in [4.69, 9.17) is 23.2 Å². The molecule has 3 amide bonds. The Kier molecular flexibility index (Phi) is 5.63. The number of carbonyl (C=O) groups is 2. The van der Waals surface area contributed by atoms with Crippen molar-refractivity contribution in [2.24, 2.45) is 0 Å². The van der Waals surface area contributed by atoms with Crippen molar-refractivity contribution in [3.05, 3.63) is 58.6 Å². The Bertz CT molecular complexity index is 678. The molecule has 0 aliphatic rings. The van der Waals surface area contributed by atoms with Crippen LogP contribution in [0.3, 0.4) is 0 Å². The van der Waals surface area contributed by atoms with Gasteiger partial charge in [0, 0.05) is 10.7 Å². The molecule has 0 aromatic heterocycles. The van der Waals surface area contributed by atoms with E-state index < -0.39 is 11.9 Å². The van der Waals surface area contributed by atoms with Crippen molar-refractivity contribution < 1.29 is 9.59 Å². The second-order valence-corrected chi connectivity index (χ2v) is 5.19. The van der Waals surface area contributed by atoms with E-state index in [1.54, 1.807) is 36.4 Å². The number of nitrogens with one attached hydrogen (secondary N) is 3. The Hall–Kier alpha value is -2.24. The topological polar surface area (TPSA) is 70.2 Å². The molecule has 0 saturated carbocycles. The zero-order chi connectivity index (χ0) is 15.9. The van der Waals surface area contributed by atoms with Crippen LogP contribution in [0.1, 0.15) is 0 Å². The van der Waals surface area contributed by atoms with Crippen LogP contribution in [-0.4, -0.2) is 18.5 Å². The van der Waals surface area contributed by atoms with E-state index in [1.165, 1.54) is 6.07 Å². The third-order valence-electron chi connectivity index (χ3n) is 2.65. The fourth-order valence-corrected chi connectivity index (χ4v) is 2.10. The third-order valence-corrected chi connectivity index (χ3v) is 3.19. The van der Waals surface area contributed by atoms with E-state index in [2.05, 4.69) is 16.0 Å². The largest absolute Gasteiger partial charge is 0.329 e. The summed E-state index contributed by atoms with van der Waals surface area (Å²) in [5.41, 5.74) is 1.07. The fourth-order valence-electron chi connectivity index (χ4n) is 1.64. The quantitative estimate of drug-likeness (QED) is 0.794. The van der Waals surface area contributed by atoms with Crippen molar-refractivity contribution in [2.75, 3.05) is 17.2 Å². The van der Waals surface area contributed by atoms with Crippen LogP contribution >= 0.6 is 23.2 Å². The maximum Gasteiger partial charge on any atom is 0.319 e. The molecule has 3 N–H and O–H groups in total. The number of urea groups is 1. The normalized spacial score (nSPS) is 9.91. The molecule has 2 aromatic carbocycles. The number of hydrogen-bond donors (Lipinski definition) is 3. The Morgan fingerprint density at radius 3 is 2.36 bits per heavy atom. The number of carbonyl (C=O) groups excluding carboxylic acids is 2. The van der Waals surface area contributed by atoms with Gasteiger partial charge in [-0.05, 0) is 30.3 Å². The Balaban J connectivity index is 1.81. The summed E-state index contributed by atoms with van der Waals surface area (Å²) >= 11 is 11.7. The molecule has 2 aromatic rings. The van der Waals surface area contributed by atoms with Crippen molar-refractivity contribution in [3.8, 4) is 0 Å². The average Bonchev–Trinajstić information content (AvgIpc) is 2.49. The van der Waals surface area contributed by atoms with E-state index in [0.29, 0.717) is 21.4 Å². The lowest BCUT2D eigenvalue weighted by Crippen LogP contribution is -2.35. The summed E-state index contributed by atoms with van der Waals surface area (Å²) in [6, 6.07) is 13.2. The van der Waals surface area contributed by atoms with Gasteiger partial charge in [0.1, 0.15) is 0 Å². The highest BCUT2D eigenvalue weighted by Crippen LogP contribution is 2.25. The minimum absolute atomic E-state index is 0.183. The minimum Gasteiger partial charge on any atom is -0.329 e. The van der Waals surface area contributed by atoms with Gasteiger partial charge < -0.3 is 16.0 Å². The number of anilines is 2. The minimum atomic E-state index is -0.469. The van der Waals surface area contributed by atoms with Gasteiger partial charge in [0.2, 0.25) is 5.91 Å². The van der Waals surface area contributed by atoms with E-state index >= 15 is 0 Å². The van der Waals surface area contributed by atoms with Gasteiger partial charge >= 0.3 is 6.03 Å². The molecule has 0 saturated heterocycles. The van der Waals surface area contributed by atoms with Gasteiger partial charge in [-0.1, -0.05) is 41.4 Å². The Morgan fingerprint density at radius 1 is 0.955 bits per heavy atom. The molecule has 0 bridgehead atoms. The van der Waals surface area contributed by atoms with Gasteiger partial charge in [-0.3, -0.25) is 4.79 Å². The summed E-state index contributed by atoms with van der Waals surface area (Å²) < 4.78 is 0. The summed E-state index contributed by atoms with van der Waals surface area (Å²) in [5.74, 6) is -0.396. The van der Waals surface area contributed by atoms with Crippen LogP contribution in [0, 0.1) is 0 Å². The van der Waals surface area contributed by atoms with E-state index in [9.17, 15) is 9.59 Å². The summed E-state index contributed by atoms with van der Waals surface area (Å²) in [6.07, 6.45) is 0. The molecule has 0 atom stereocenters. The van der Waals surface area contributed by atoms with Gasteiger partial charge in [0.05, 0.1) is 17.3 Å². The standard InChI is InChI=1S/C15H13Cl2N3O2/c16-10-6-7-13(12(17)8-10)20-14(21)9-18-15(22)19-11-4-2-1-3-5-11/h1-8H,9H2,(H,20,21)(H2,18,19,22). The zero-order valence-electron chi connectivity index (χ0n) is 11.4. The number of amides is 3. The number of hydrogen-bond acceptors (Lipinski definition) is 2. The smallest absolute Gasteiger partial charge is 0.319 e. The first kappa shape index (κ1) is 16.1. The summed E-state index contributed by atoms with van der Waals surface area (Å²) in [5, 5.41) is 8.45. The molecular weight excluding hydrogens is 325 g/mol. The molecule has 0 radical (unpaired) electrons. The van der Waals surface area contributed by atoms with Crippen molar-refractivity contribution in [1.82, 2.24) is 5.32 Å². The van der Waals surface area contributed by atoms with E-state index in [-0.39, 0.29) is 6.54 Å². The highest BCUT2D eigenvalue weighted by molar-refractivity contribution is 6.36. The Labute approximate surface area is 137 Å². The van der Waals surface area contributed by atoms with Crippen LogP contribution in [0.15, 0.2) is 48.5 Å². The lowest BCUT2D eigenvalue weighted by molar-refractivity contribution is -0.115. The number of rotatable bonds is 4. The van der Waals surface area contributed by atoms with Gasteiger partial charge in [-0.2, -0.15) is 0 Å². The van der Waals surface area contributed by atoms with Crippen LogP contribution in [0.4, 0.5) is 16.2 Å². The molecule has 7 heteroatoms. The molecule has 0 aliphatic carbocycles. The molecule has 2 rings (SSSR count). The van der Waals surface area contributed by atoms with Gasteiger partial charge in [0.25, 0.3) is 0 Å². The molecule has 0 aliphatic heterocycles. The highest BCUT2D eigenvalue weighted by atomic mass is 35.5. The molecule has 0 unspecified atom stereocenters. The first-order valence-corrected chi connectivity index (χ1v) is 7.15. The first-order valence-electron chi connectivity index (χ1n) is 6.39. The summed E-state index contributed by atoms with van der Waals surface area (Å²) in [4.78, 5) is 23.4. The average molecular weight is 338 g/mol. The second-order valence-electron chi connectivity index (χ2n) is 4.35. The van der Waals surface area contributed by atoms with Crippen LogP contribution in [0.2, 0.25) is 10.0 Å². The maximum absolute atomic E-state index is 11.8. The Morgan fingerprint density at radius 2 is 1.68 bits per heavy atom. The molecule has 0 heterocycles. The van der Waals surface area contributed by atoms with E-state index in [0.717, 1.165) is 0 Å². The predicted molar refractivity (Wildman–Crippen MR) is 88.6 cm³/mol. The number of halogens is 2. The van der Waals surface area contributed by atoms with Crippen LogP contribution in [-0.2, 0) is 4.79 Å². The van der Waals surface area contributed by atoms with Gasteiger partial charge in [-0.25, -0.2) is 4.79 Å². The molecular formula is C15H13Cl2N3O2. The zero-order valence-corrected chi connectivity index (χ0v) is 12.9. The monoisotopic (exact) mass is 337 g/mol. The number of benzene rings is 2. The number of para-hydroxylation sites is 1. The van der Waals surface area contributed by atoms with Crippen LogP contribution < -0.4 is 16.0 Å². The molecule has 5 nitrogen and oxygen atoms in total. The molecule has 0 fully saturated rings. The van der Waals surface area contributed by atoms with Crippen molar-refractivity contribution in [1.29, 1.82) is 0 Å². The fraction of sp³-hybridized carbons (Fsp3) is 0.0667. The van der Waals surface area contributed by atoms with Crippen molar-refractivity contribution in [3.63, 3.8) is 0 Å². The maximum atomic E-state index is 11.8. The second kappa shape index (κ2) is 7.68. The summed E-state index contributed by atoms with van der Waals surface area (Å²) in [7, 11) is 0. The van der Waals surface area contributed by atoms with Crippen LogP contribution in [0.5, 0.6) is 0 Å². The molecule has 0 spiro atoms. The molecule has 114 valence electrons. The van der Waals surface area contributed by atoms with Gasteiger partial charge in [-0.15, -0.1) is 0 Å². The van der Waals surface area contributed by atoms with Crippen molar-refractivity contribution >= 4 is 46.5 Å². The lowest BCUT2D eigenvalue weighted by atomic mass is 10.3. The summed E-state index contributed by atoms with van der Waals surface area (Å²) in [6.45, 7) is -0.183. The third kappa shape index (κ3) is 4.95. The molecule has 22 heavy (non-hydrogen) atoms. The highest BCUT2D eigenvalue weighted by Gasteiger charge is 2.08. The lowest BCUT2D eigenvalue weighted by Gasteiger charge is -2.09. The van der Waals surface area contributed by atoms with E-state index in [1.807, 2.05) is 6.07 Å². The SMILES string of the molecule is O=C(CNC(=O)Nc1ccccc1)Nc1ccc(Cl)cc1Cl. The van der Waals surface area contributed by atoms with Crippen LogP contribution in [0.25, 0.3) is 0 Å². The van der Waals surface area contributed by atoms with Crippen molar-refractivity contribution in [2.45, 2.75) is 0 Å². The first-order chi connectivity index (χ1) is 10.5.